The molecule has 1 aliphatic carbocycles. The lowest BCUT2D eigenvalue weighted by Gasteiger charge is -2.24. The molecule has 0 bridgehead atoms. The lowest BCUT2D eigenvalue weighted by atomic mass is 9.94. The maximum Gasteiger partial charge on any atom is 0.323 e. The minimum atomic E-state index is -0.103. The van der Waals surface area contributed by atoms with Crippen LogP contribution in [-0.4, -0.2) is 45.3 Å². The van der Waals surface area contributed by atoms with Gasteiger partial charge in [-0.25, -0.2) is 4.98 Å². The number of nitrogens with zero attached hydrogens (tertiary/aromatic N) is 4. The van der Waals surface area contributed by atoms with Gasteiger partial charge in [0.2, 0.25) is 0 Å². The first-order chi connectivity index (χ1) is 9.20. The Labute approximate surface area is 112 Å². The third kappa shape index (κ3) is 2.14. The van der Waals surface area contributed by atoms with Crippen LogP contribution in [-0.2, 0) is 23.1 Å². The number of aryl methyl sites for hydroxylation is 1. The van der Waals surface area contributed by atoms with Crippen LogP contribution in [0.2, 0.25) is 0 Å². The first-order valence-corrected chi connectivity index (χ1v) is 6.85. The summed E-state index contributed by atoms with van der Waals surface area (Å²) in [6.07, 6.45) is 5.16. The average molecular weight is 264 g/mol. The van der Waals surface area contributed by atoms with Crippen molar-refractivity contribution in [2.75, 3.05) is 13.7 Å². The number of methoxy groups -OCH3 is 1. The van der Waals surface area contributed by atoms with Gasteiger partial charge in [0, 0.05) is 13.6 Å². The molecule has 2 heterocycles. The van der Waals surface area contributed by atoms with E-state index in [1.165, 1.54) is 20.0 Å². The molecule has 19 heavy (non-hydrogen) atoms. The SMILES string of the molecule is COC(=O)[C@@H]1[C@H]2CCC[C@@H]2CN1Cc1ncnn1C. The molecule has 2 fully saturated rings. The minimum Gasteiger partial charge on any atom is -0.468 e. The Balaban J connectivity index is 1.80. The maximum absolute atomic E-state index is 12.1. The van der Waals surface area contributed by atoms with E-state index in [1.807, 2.05) is 7.05 Å². The summed E-state index contributed by atoms with van der Waals surface area (Å²) in [6.45, 7) is 1.64. The molecule has 1 saturated heterocycles. The van der Waals surface area contributed by atoms with Crippen LogP contribution in [0.25, 0.3) is 0 Å². The highest BCUT2D eigenvalue weighted by molar-refractivity contribution is 5.76. The summed E-state index contributed by atoms with van der Waals surface area (Å²) in [6, 6.07) is -0.103. The van der Waals surface area contributed by atoms with E-state index in [1.54, 1.807) is 11.0 Å². The molecule has 1 aromatic rings. The van der Waals surface area contributed by atoms with Gasteiger partial charge in [-0.3, -0.25) is 14.4 Å². The van der Waals surface area contributed by atoms with Crippen molar-refractivity contribution in [2.24, 2.45) is 18.9 Å². The van der Waals surface area contributed by atoms with Gasteiger partial charge in [0.05, 0.1) is 13.7 Å². The summed E-state index contributed by atoms with van der Waals surface area (Å²) in [7, 11) is 3.36. The van der Waals surface area contributed by atoms with E-state index in [0.717, 1.165) is 18.8 Å². The monoisotopic (exact) mass is 264 g/mol. The number of rotatable bonds is 3. The average Bonchev–Trinajstić information content (AvgIpc) is 3.06. The minimum absolute atomic E-state index is 0.100. The summed E-state index contributed by atoms with van der Waals surface area (Å²) < 4.78 is 6.76. The molecule has 6 heteroatoms. The van der Waals surface area contributed by atoms with Crippen LogP contribution in [0.1, 0.15) is 25.1 Å². The van der Waals surface area contributed by atoms with Crippen molar-refractivity contribution in [2.45, 2.75) is 31.8 Å². The Bertz CT molecular complexity index is 473. The highest BCUT2D eigenvalue weighted by Gasteiger charge is 2.48. The third-order valence-corrected chi connectivity index (χ3v) is 4.58. The third-order valence-electron chi connectivity index (χ3n) is 4.58. The number of carbonyl (C=O) groups excluding carboxylic acids is 1. The van der Waals surface area contributed by atoms with E-state index in [2.05, 4.69) is 15.0 Å². The highest BCUT2D eigenvalue weighted by Crippen LogP contribution is 2.42. The van der Waals surface area contributed by atoms with Crippen molar-refractivity contribution in [3.05, 3.63) is 12.2 Å². The number of ether oxygens (including phenoxy) is 1. The van der Waals surface area contributed by atoms with Gasteiger partial charge in [-0.2, -0.15) is 5.10 Å². The van der Waals surface area contributed by atoms with Crippen molar-refractivity contribution in [3.63, 3.8) is 0 Å². The second-order valence-corrected chi connectivity index (χ2v) is 5.55. The molecule has 0 amide bonds. The Hall–Kier alpha value is -1.43. The zero-order chi connectivity index (χ0) is 13.4. The molecule has 6 nitrogen and oxygen atoms in total. The normalized spacial score (nSPS) is 30.5. The number of esters is 1. The van der Waals surface area contributed by atoms with Crippen molar-refractivity contribution < 1.29 is 9.53 Å². The number of likely N-dealkylation sites (tertiary alicyclic amines) is 1. The molecular weight excluding hydrogens is 244 g/mol. The van der Waals surface area contributed by atoms with Gasteiger partial charge in [-0.1, -0.05) is 6.42 Å². The van der Waals surface area contributed by atoms with Gasteiger partial charge >= 0.3 is 5.97 Å². The van der Waals surface area contributed by atoms with Crippen LogP contribution < -0.4 is 0 Å². The molecule has 0 unspecified atom stereocenters. The fraction of sp³-hybridized carbons (Fsp3) is 0.769. The van der Waals surface area contributed by atoms with Crippen LogP contribution in [0.5, 0.6) is 0 Å². The van der Waals surface area contributed by atoms with Crippen molar-refractivity contribution >= 4 is 5.97 Å². The van der Waals surface area contributed by atoms with Crippen LogP contribution in [0, 0.1) is 11.8 Å². The molecule has 3 atom stereocenters. The summed E-state index contributed by atoms with van der Waals surface area (Å²) in [5, 5.41) is 4.08. The van der Waals surface area contributed by atoms with Crippen molar-refractivity contribution in [1.29, 1.82) is 0 Å². The first kappa shape index (κ1) is 12.6. The van der Waals surface area contributed by atoms with E-state index < -0.39 is 0 Å². The van der Waals surface area contributed by atoms with Gasteiger partial charge in [0.25, 0.3) is 0 Å². The van der Waals surface area contributed by atoms with Gasteiger partial charge in [0.1, 0.15) is 18.2 Å². The summed E-state index contributed by atoms with van der Waals surface area (Å²) in [5.41, 5.74) is 0. The molecular formula is C13H20N4O2. The van der Waals surface area contributed by atoms with Crippen LogP contribution >= 0.6 is 0 Å². The van der Waals surface area contributed by atoms with Gasteiger partial charge in [0.15, 0.2) is 0 Å². The standard InChI is InChI=1S/C13H20N4O2/c1-16-11(14-8-15-16)7-17-6-9-4-3-5-10(9)12(17)13(18)19-2/h8-10,12H,3-7H2,1-2H3/t9-,10+,12+/m1/s1. The summed E-state index contributed by atoms with van der Waals surface area (Å²) >= 11 is 0. The highest BCUT2D eigenvalue weighted by atomic mass is 16.5. The second-order valence-electron chi connectivity index (χ2n) is 5.55. The molecule has 3 rings (SSSR count). The van der Waals surface area contributed by atoms with E-state index in [0.29, 0.717) is 18.4 Å². The zero-order valence-electron chi connectivity index (χ0n) is 11.5. The Morgan fingerprint density at radius 3 is 3.05 bits per heavy atom. The lowest BCUT2D eigenvalue weighted by Crippen LogP contribution is -2.40. The second kappa shape index (κ2) is 4.92. The number of aromatic nitrogens is 3. The molecule has 1 aromatic heterocycles. The van der Waals surface area contributed by atoms with E-state index in [-0.39, 0.29) is 12.0 Å². The number of carbonyl (C=O) groups is 1. The van der Waals surface area contributed by atoms with E-state index in [4.69, 9.17) is 4.74 Å². The lowest BCUT2D eigenvalue weighted by molar-refractivity contribution is -0.147. The van der Waals surface area contributed by atoms with Crippen molar-refractivity contribution in [1.82, 2.24) is 19.7 Å². The van der Waals surface area contributed by atoms with Crippen LogP contribution in [0.4, 0.5) is 0 Å². The Morgan fingerprint density at radius 1 is 1.53 bits per heavy atom. The van der Waals surface area contributed by atoms with Crippen molar-refractivity contribution in [3.8, 4) is 0 Å². The van der Waals surface area contributed by atoms with E-state index >= 15 is 0 Å². The van der Waals surface area contributed by atoms with E-state index in [9.17, 15) is 4.79 Å². The summed E-state index contributed by atoms with van der Waals surface area (Å²) in [5.74, 6) is 1.89. The van der Waals surface area contributed by atoms with Crippen LogP contribution in [0.15, 0.2) is 6.33 Å². The number of hydrogen-bond acceptors (Lipinski definition) is 5. The largest absolute Gasteiger partial charge is 0.468 e. The molecule has 2 aliphatic rings. The van der Waals surface area contributed by atoms with Gasteiger partial charge < -0.3 is 4.74 Å². The van der Waals surface area contributed by atoms with Gasteiger partial charge in [-0.05, 0) is 24.7 Å². The molecule has 0 aromatic carbocycles. The van der Waals surface area contributed by atoms with Crippen LogP contribution in [0.3, 0.4) is 0 Å². The Morgan fingerprint density at radius 2 is 2.37 bits per heavy atom. The number of hydrogen-bond donors (Lipinski definition) is 0. The first-order valence-electron chi connectivity index (χ1n) is 6.85. The molecule has 1 saturated carbocycles. The zero-order valence-corrected chi connectivity index (χ0v) is 11.5. The fourth-order valence-electron chi connectivity index (χ4n) is 3.65. The van der Waals surface area contributed by atoms with Gasteiger partial charge in [-0.15, -0.1) is 0 Å². The Kier molecular flexibility index (Phi) is 3.26. The molecule has 0 spiro atoms. The predicted octanol–water partition coefficient (Wildman–Crippen LogP) is 0.589. The number of fused-ring (bicyclic) bond motifs is 1. The smallest absolute Gasteiger partial charge is 0.323 e. The predicted molar refractivity (Wildman–Crippen MR) is 68.0 cm³/mol. The topological polar surface area (TPSA) is 60.2 Å². The molecule has 0 radical (unpaired) electrons. The quantitative estimate of drug-likeness (QED) is 0.748. The molecule has 104 valence electrons. The summed E-state index contributed by atoms with van der Waals surface area (Å²) in [4.78, 5) is 18.5. The molecule has 1 aliphatic heterocycles. The molecule has 0 N–H and O–H groups in total. The maximum atomic E-state index is 12.1. The fourth-order valence-corrected chi connectivity index (χ4v) is 3.65.